The van der Waals surface area contributed by atoms with Crippen LogP contribution >= 0.6 is 0 Å². The van der Waals surface area contributed by atoms with E-state index in [4.69, 9.17) is 35.7 Å². The maximum atomic E-state index is 10.3. The molecule has 0 aliphatic rings. The molecule has 23 heavy (non-hydrogen) atoms. The van der Waals surface area contributed by atoms with Gasteiger partial charge in [0.2, 0.25) is 11.7 Å². The van der Waals surface area contributed by atoms with E-state index in [9.17, 15) is 19.2 Å². The fourth-order valence-corrected chi connectivity index (χ4v) is 1.02. The Balaban J connectivity index is 0. The van der Waals surface area contributed by atoms with Crippen molar-refractivity contribution in [1.82, 2.24) is 0 Å². The first-order valence-electron chi connectivity index (χ1n) is 6.06. The maximum absolute atomic E-state index is 10.3. The average Bonchev–Trinajstić information content (AvgIpc) is 2.49. The lowest BCUT2D eigenvalue weighted by atomic mass is 10.0. The first-order chi connectivity index (χ1) is 10.4. The van der Waals surface area contributed by atoms with Gasteiger partial charge in [0.1, 0.15) is 18.3 Å². The number of aliphatic hydroxyl groups is 5. The molecule has 12 nitrogen and oxygen atoms in total. The number of hydrogen-bond acceptors (Lipinski definition) is 9. The highest BCUT2D eigenvalue weighted by atomic mass is 16.4. The van der Waals surface area contributed by atoms with Gasteiger partial charge in [-0.15, -0.1) is 0 Å². The highest BCUT2D eigenvalue weighted by Gasteiger charge is 2.32. The van der Waals surface area contributed by atoms with E-state index in [2.05, 4.69) is 5.73 Å². The summed E-state index contributed by atoms with van der Waals surface area (Å²) in [4.78, 5) is 40.0. The monoisotopic (exact) mass is 341 g/mol. The maximum Gasteiger partial charge on any atom is 0.372 e. The lowest BCUT2D eigenvalue weighted by molar-refractivity contribution is -0.149. The summed E-state index contributed by atoms with van der Waals surface area (Å²) in [6.45, 7) is -0.802. The molecule has 0 bridgehead atoms. The van der Waals surface area contributed by atoms with Gasteiger partial charge >= 0.3 is 11.9 Å². The third kappa shape index (κ3) is 10.3. The number of carboxylic acid groups (broad SMARTS) is 2. The van der Waals surface area contributed by atoms with Crippen LogP contribution in [-0.2, 0) is 19.2 Å². The van der Waals surface area contributed by atoms with E-state index in [1.54, 1.807) is 0 Å². The lowest BCUT2D eigenvalue weighted by Crippen LogP contribution is -2.50. The van der Waals surface area contributed by atoms with Crippen molar-refractivity contribution in [3.05, 3.63) is 0 Å². The molecule has 4 atom stereocenters. The molecule has 1 amide bonds. The number of rotatable bonds is 9. The summed E-state index contributed by atoms with van der Waals surface area (Å²) in [5.74, 6) is -5.05. The average molecular weight is 341 g/mol. The van der Waals surface area contributed by atoms with E-state index in [1.165, 1.54) is 0 Å². The number of aliphatic carboxylic acids is 2. The van der Waals surface area contributed by atoms with Gasteiger partial charge in [0.25, 0.3) is 0 Å². The number of carbonyl (C=O) groups is 4. The Kier molecular flexibility index (Phi) is 11.5. The van der Waals surface area contributed by atoms with Crippen molar-refractivity contribution in [3.63, 3.8) is 0 Å². The quantitative estimate of drug-likeness (QED) is 0.186. The zero-order valence-corrected chi connectivity index (χ0v) is 11.8. The SMILES string of the molecule is NC(=O)[C@H](O)[C@@H](O)[C@H](O)[C@H](O)CO.O=C(O)CCC(=O)C(=O)O. The number of amides is 1. The molecule has 9 N–H and O–H groups in total. The van der Waals surface area contributed by atoms with Gasteiger partial charge in [0, 0.05) is 6.42 Å². The fraction of sp³-hybridized carbons (Fsp3) is 0.636. The number of carbonyl (C=O) groups excluding carboxylic acids is 2. The van der Waals surface area contributed by atoms with E-state index in [1.807, 2.05) is 0 Å². The Morgan fingerprint density at radius 3 is 1.65 bits per heavy atom. The molecule has 0 unspecified atom stereocenters. The summed E-state index contributed by atoms with van der Waals surface area (Å²) in [7, 11) is 0. The van der Waals surface area contributed by atoms with Crippen molar-refractivity contribution in [2.45, 2.75) is 37.3 Å². The van der Waals surface area contributed by atoms with Gasteiger partial charge in [-0.05, 0) is 0 Å². The first kappa shape index (κ1) is 23.2. The molecule has 0 rings (SSSR count). The normalized spacial score (nSPS) is 15.3. The van der Waals surface area contributed by atoms with Crippen molar-refractivity contribution >= 4 is 23.6 Å². The fourth-order valence-electron chi connectivity index (χ4n) is 1.02. The van der Waals surface area contributed by atoms with Gasteiger partial charge in [-0.1, -0.05) is 0 Å². The van der Waals surface area contributed by atoms with Crippen molar-refractivity contribution in [2.75, 3.05) is 6.61 Å². The van der Waals surface area contributed by atoms with Crippen LogP contribution in [0.2, 0.25) is 0 Å². The molecule has 0 aromatic rings. The van der Waals surface area contributed by atoms with Gasteiger partial charge in [0.15, 0.2) is 6.10 Å². The Hall–Kier alpha value is -2.12. The second-order valence-corrected chi connectivity index (χ2v) is 4.20. The van der Waals surface area contributed by atoms with Crippen LogP contribution in [0.5, 0.6) is 0 Å². The Bertz CT molecular complexity index is 424. The zero-order chi connectivity index (χ0) is 18.7. The molecule has 0 saturated carbocycles. The van der Waals surface area contributed by atoms with Crippen LogP contribution < -0.4 is 5.73 Å². The van der Waals surface area contributed by atoms with E-state index < -0.39 is 67.5 Å². The predicted octanol–water partition coefficient (Wildman–Crippen LogP) is -4.59. The van der Waals surface area contributed by atoms with Crippen LogP contribution in [-0.4, -0.2) is 90.4 Å². The minimum atomic E-state index is -1.98. The summed E-state index contributed by atoms with van der Waals surface area (Å²) >= 11 is 0. The Morgan fingerprint density at radius 1 is 0.870 bits per heavy atom. The second kappa shape index (κ2) is 11.4. The number of nitrogens with two attached hydrogens (primary N) is 1. The number of aliphatic hydroxyl groups excluding tert-OH is 5. The van der Waals surface area contributed by atoms with Gasteiger partial charge in [0.05, 0.1) is 13.0 Å². The molecular weight excluding hydrogens is 322 g/mol. The smallest absolute Gasteiger partial charge is 0.372 e. The highest BCUT2D eigenvalue weighted by molar-refractivity contribution is 6.32. The molecule has 0 aromatic carbocycles. The summed E-state index contributed by atoms with van der Waals surface area (Å²) in [5.41, 5.74) is 4.61. The largest absolute Gasteiger partial charge is 0.481 e. The van der Waals surface area contributed by atoms with Crippen LogP contribution in [0.1, 0.15) is 12.8 Å². The van der Waals surface area contributed by atoms with Gasteiger partial charge in [-0.2, -0.15) is 0 Å². The molecule has 0 aromatic heterocycles. The van der Waals surface area contributed by atoms with E-state index in [0.29, 0.717) is 0 Å². The first-order valence-corrected chi connectivity index (χ1v) is 6.06. The number of carboxylic acids is 2. The van der Waals surface area contributed by atoms with Gasteiger partial charge < -0.3 is 41.5 Å². The molecular formula is C11H19NO11. The predicted molar refractivity (Wildman–Crippen MR) is 69.8 cm³/mol. The Morgan fingerprint density at radius 2 is 1.35 bits per heavy atom. The summed E-state index contributed by atoms with van der Waals surface area (Å²) < 4.78 is 0. The van der Waals surface area contributed by atoms with Crippen LogP contribution in [0.15, 0.2) is 0 Å². The minimum Gasteiger partial charge on any atom is -0.481 e. The molecule has 134 valence electrons. The van der Waals surface area contributed by atoms with Crippen LogP contribution in [0.4, 0.5) is 0 Å². The van der Waals surface area contributed by atoms with E-state index in [0.717, 1.165) is 0 Å². The molecule has 0 saturated heterocycles. The number of hydrogen-bond donors (Lipinski definition) is 8. The van der Waals surface area contributed by atoms with E-state index >= 15 is 0 Å². The highest BCUT2D eigenvalue weighted by Crippen LogP contribution is 2.04. The minimum absolute atomic E-state index is 0.425. The number of Topliss-reactive ketones (excluding diaryl/α,β-unsaturated/α-hetero) is 1. The third-order valence-corrected chi connectivity index (χ3v) is 2.35. The van der Waals surface area contributed by atoms with Crippen LogP contribution in [0, 0.1) is 0 Å². The summed E-state index contributed by atoms with van der Waals surface area (Å²) in [6.07, 6.45) is -8.22. The van der Waals surface area contributed by atoms with Crippen molar-refractivity contribution in [1.29, 1.82) is 0 Å². The van der Waals surface area contributed by atoms with Crippen LogP contribution in [0.3, 0.4) is 0 Å². The molecule has 0 heterocycles. The van der Waals surface area contributed by atoms with Gasteiger partial charge in [-0.25, -0.2) is 4.79 Å². The lowest BCUT2D eigenvalue weighted by Gasteiger charge is -2.23. The zero-order valence-electron chi connectivity index (χ0n) is 11.8. The topological polar surface area (TPSA) is 236 Å². The summed E-state index contributed by atoms with van der Waals surface area (Å²) in [6, 6.07) is 0. The third-order valence-electron chi connectivity index (χ3n) is 2.35. The molecule has 0 fully saturated rings. The van der Waals surface area contributed by atoms with Crippen molar-refractivity contribution < 1.29 is 54.9 Å². The molecule has 0 spiro atoms. The molecule has 12 heteroatoms. The molecule has 0 aliphatic heterocycles. The number of ketones is 1. The summed E-state index contributed by atoms with van der Waals surface area (Å²) in [5, 5.41) is 59.9. The van der Waals surface area contributed by atoms with E-state index in [-0.39, 0.29) is 0 Å². The standard InChI is InChI=1S/C6H13NO6.C5H6O5/c7-6(13)5(12)4(11)3(10)2(9)1-8;6-3(5(9)10)1-2-4(7)8/h2-5,8-12H,1H2,(H2,7,13);1-2H2,(H,7,8)(H,9,10)/t2-,3-,4+,5-;/m1./s1. The number of primary amides is 1. The van der Waals surface area contributed by atoms with Crippen molar-refractivity contribution in [3.8, 4) is 0 Å². The Labute approximate surface area is 129 Å². The van der Waals surface area contributed by atoms with Gasteiger partial charge in [-0.3, -0.25) is 14.4 Å². The molecule has 0 aliphatic carbocycles. The van der Waals surface area contributed by atoms with Crippen molar-refractivity contribution in [2.24, 2.45) is 5.73 Å². The van der Waals surface area contributed by atoms with Crippen LogP contribution in [0.25, 0.3) is 0 Å². The molecule has 0 radical (unpaired) electrons. The second-order valence-electron chi connectivity index (χ2n) is 4.20.